The highest BCUT2D eigenvalue weighted by Gasteiger charge is 2.39. The molecule has 3 aliphatic heterocycles. The van der Waals surface area contributed by atoms with Crippen LogP contribution in [-0.4, -0.2) is 57.7 Å². The van der Waals surface area contributed by atoms with E-state index in [-0.39, 0.29) is 24.3 Å². The Morgan fingerprint density at radius 3 is 2.81 bits per heavy atom. The molecule has 1 aromatic heterocycles. The van der Waals surface area contributed by atoms with Crippen molar-refractivity contribution in [1.82, 2.24) is 20.1 Å². The molecule has 1 N–H and O–H groups in total. The van der Waals surface area contributed by atoms with E-state index >= 15 is 0 Å². The first-order chi connectivity index (χ1) is 18.0. The Morgan fingerprint density at radius 2 is 1.97 bits per heavy atom. The van der Waals surface area contributed by atoms with Gasteiger partial charge in [0, 0.05) is 43.5 Å². The highest BCUT2D eigenvalue weighted by atomic mass is 16.5. The van der Waals surface area contributed by atoms with Crippen LogP contribution in [0.2, 0.25) is 0 Å². The average molecular weight is 495 g/mol. The molecule has 0 saturated carbocycles. The predicted molar refractivity (Wildman–Crippen MR) is 136 cm³/mol. The second-order valence-corrected chi connectivity index (χ2v) is 9.85. The van der Waals surface area contributed by atoms with Crippen LogP contribution >= 0.6 is 0 Å². The summed E-state index contributed by atoms with van der Waals surface area (Å²) in [6.07, 6.45) is 7.02. The number of rotatable bonds is 5. The summed E-state index contributed by atoms with van der Waals surface area (Å²) in [6.45, 7) is 2.91. The molecule has 2 atom stereocenters. The summed E-state index contributed by atoms with van der Waals surface area (Å²) in [5, 5.41) is 3.41. The minimum atomic E-state index is -0.615. The minimum Gasteiger partial charge on any atom is -0.489 e. The SMILES string of the molecule is C#Cc1ccc2cc(CN3CCC(Oc4ccc5c(c4)CN(C4CCC(=O)NC4=O)C5=O)C3)ccc2n1. The lowest BCUT2D eigenvalue weighted by molar-refractivity contribution is -0.136. The van der Waals surface area contributed by atoms with Crippen LogP contribution in [0.15, 0.2) is 48.5 Å². The third-order valence-electron chi connectivity index (χ3n) is 7.33. The number of pyridine rings is 1. The van der Waals surface area contributed by atoms with Gasteiger partial charge < -0.3 is 9.64 Å². The van der Waals surface area contributed by atoms with E-state index in [4.69, 9.17) is 11.2 Å². The molecule has 0 bridgehead atoms. The first-order valence-electron chi connectivity index (χ1n) is 12.5. The lowest BCUT2D eigenvalue weighted by atomic mass is 10.0. The number of aromatic nitrogens is 1. The fourth-order valence-corrected chi connectivity index (χ4v) is 5.47. The lowest BCUT2D eigenvalue weighted by Gasteiger charge is -2.29. The van der Waals surface area contributed by atoms with Gasteiger partial charge in [0.25, 0.3) is 5.91 Å². The zero-order valence-corrected chi connectivity index (χ0v) is 20.3. The molecular weight excluding hydrogens is 468 g/mol. The third kappa shape index (κ3) is 4.54. The van der Waals surface area contributed by atoms with Crippen LogP contribution in [0.1, 0.15) is 46.4 Å². The molecule has 2 aromatic carbocycles. The number of nitrogens with zero attached hydrogens (tertiary/aromatic N) is 3. The van der Waals surface area contributed by atoms with Gasteiger partial charge in [-0.3, -0.25) is 24.6 Å². The number of imide groups is 1. The molecule has 6 rings (SSSR count). The van der Waals surface area contributed by atoms with Crippen LogP contribution in [-0.2, 0) is 22.7 Å². The fraction of sp³-hybridized carbons (Fsp3) is 0.310. The van der Waals surface area contributed by atoms with E-state index in [0.29, 0.717) is 24.2 Å². The molecule has 186 valence electrons. The Labute approximate surface area is 214 Å². The smallest absolute Gasteiger partial charge is 0.255 e. The third-order valence-corrected chi connectivity index (χ3v) is 7.33. The summed E-state index contributed by atoms with van der Waals surface area (Å²) >= 11 is 0. The van der Waals surface area contributed by atoms with Crippen molar-refractivity contribution in [2.45, 2.75) is 44.5 Å². The quantitative estimate of drug-likeness (QED) is 0.433. The summed E-state index contributed by atoms with van der Waals surface area (Å²) in [7, 11) is 0. The number of terminal acetylenes is 1. The predicted octanol–water partition coefficient (Wildman–Crippen LogP) is 2.63. The standard InChI is InChI=1S/C29H26N4O4/c1-2-21-5-4-19-13-18(3-8-25(19)30-21)15-32-12-11-23(17-32)37-22-6-7-24-20(14-22)16-33(29(24)36)26-9-10-27(34)31-28(26)35/h1,3-8,13-14,23,26H,9-12,15-17H2,(H,31,34,35). The number of carbonyl (C=O) groups is 3. The van der Waals surface area contributed by atoms with Crippen molar-refractivity contribution >= 4 is 28.6 Å². The number of benzene rings is 2. The van der Waals surface area contributed by atoms with Gasteiger partial charge in [0.2, 0.25) is 11.8 Å². The Morgan fingerprint density at radius 1 is 1.08 bits per heavy atom. The van der Waals surface area contributed by atoms with Crippen LogP contribution < -0.4 is 10.1 Å². The summed E-state index contributed by atoms with van der Waals surface area (Å²) in [6, 6.07) is 15.0. The van der Waals surface area contributed by atoms with E-state index in [0.717, 1.165) is 48.3 Å². The number of ether oxygens (including phenoxy) is 1. The first-order valence-corrected chi connectivity index (χ1v) is 12.5. The summed E-state index contributed by atoms with van der Waals surface area (Å²) < 4.78 is 6.29. The molecule has 2 fully saturated rings. The van der Waals surface area contributed by atoms with E-state index in [1.807, 2.05) is 30.3 Å². The zero-order chi connectivity index (χ0) is 25.5. The fourth-order valence-electron chi connectivity index (χ4n) is 5.47. The lowest BCUT2D eigenvalue weighted by Crippen LogP contribution is -2.52. The number of fused-ring (bicyclic) bond motifs is 2. The number of carbonyl (C=O) groups excluding carboxylic acids is 3. The van der Waals surface area contributed by atoms with E-state index in [1.54, 1.807) is 11.0 Å². The summed E-state index contributed by atoms with van der Waals surface area (Å²) in [5.74, 6) is 2.43. The van der Waals surface area contributed by atoms with Crippen LogP contribution in [0.25, 0.3) is 10.9 Å². The van der Waals surface area contributed by atoms with Crippen LogP contribution in [0.3, 0.4) is 0 Å². The van der Waals surface area contributed by atoms with Crippen molar-refractivity contribution in [3.8, 4) is 18.1 Å². The Balaban J connectivity index is 1.08. The molecule has 2 unspecified atom stereocenters. The molecule has 37 heavy (non-hydrogen) atoms. The van der Waals surface area contributed by atoms with E-state index < -0.39 is 11.9 Å². The molecule has 8 nitrogen and oxygen atoms in total. The van der Waals surface area contributed by atoms with Crippen molar-refractivity contribution in [2.24, 2.45) is 0 Å². The van der Waals surface area contributed by atoms with Gasteiger partial charge >= 0.3 is 0 Å². The molecule has 3 aromatic rings. The molecule has 2 saturated heterocycles. The van der Waals surface area contributed by atoms with Gasteiger partial charge in [-0.2, -0.15) is 0 Å². The van der Waals surface area contributed by atoms with Crippen LogP contribution in [0.4, 0.5) is 0 Å². The van der Waals surface area contributed by atoms with Gasteiger partial charge in [0.15, 0.2) is 0 Å². The maximum absolute atomic E-state index is 12.9. The maximum atomic E-state index is 12.9. The Bertz CT molecular complexity index is 1480. The topological polar surface area (TPSA) is 91.8 Å². The zero-order valence-electron chi connectivity index (χ0n) is 20.3. The van der Waals surface area contributed by atoms with E-state index in [2.05, 4.69) is 33.3 Å². The molecule has 3 aliphatic rings. The minimum absolute atomic E-state index is 0.0571. The Kier molecular flexibility index (Phi) is 5.85. The number of hydrogen-bond acceptors (Lipinski definition) is 6. The largest absolute Gasteiger partial charge is 0.489 e. The molecule has 8 heteroatoms. The van der Waals surface area contributed by atoms with E-state index in [1.165, 1.54) is 5.56 Å². The normalized spacial score (nSPS) is 21.7. The van der Waals surface area contributed by atoms with Gasteiger partial charge in [-0.15, -0.1) is 6.42 Å². The van der Waals surface area contributed by atoms with E-state index in [9.17, 15) is 14.4 Å². The second-order valence-electron chi connectivity index (χ2n) is 9.85. The van der Waals surface area contributed by atoms with Crippen molar-refractivity contribution in [3.63, 3.8) is 0 Å². The van der Waals surface area contributed by atoms with Crippen LogP contribution in [0.5, 0.6) is 5.75 Å². The number of piperidine rings is 1. The summed E-state index contributed by atoms with van der Waals surface area (Å²) in [5.41, 5.74) is 4.19. The number of amides is 3. The number of hydrogen-bond donors (Lipinski definition) is 1. The van der Waals surface area contributed by atoms with Crippen molar-refractivity contribution in [3.05, 3.63) is 70.9 Å². The first kappa shape index (κ1) is 23.2. The van der Waals surface area contributed by atoms with Gasteiger partial charge in [0.1, 0.15) is 23.6 Å². The highest BCUT2D eigenvalue weighted by molar-refractivity contribution is 6.05. The van der Waals surface area contributed by atoms with Crippen molar-refractivity contribution in [1.29, 1.82) is 0 Å². The van der Waals surface area contributed by atoms with Crippen LogP contribution in [0, 0.1) is 12.3 Å². The second kappa shape index (κ2) is 9.34. The Hall–Kier alpha value is -4.22. The number of likely N-dealkylation sites (tertiary alicyclic amines) is 1. The summed E-state index contributed by atoms with van der Waals surface area (Å²) in [4.78, 5) is 45.1. The average Bonchev–Trinajstić information content (AvgIpc) is 3.47. The van der Waals surface area contributed by atoms with Crippen molar-refractivity contribution in [2.75, 3.05) is 13.1 Å². The number of nitrogens with one attached hydrogen (secondary N) is 1. The molecule has 3 amide bonds. The monoisotopic (exact) mass is 494 g/mol. The molecule has 0 radical (unpaired) electrons. The van der Waals surface area contributed by atoms with Crippen molar-refractivity contribution < 1.29 is 19.1 Å². The highest BCUT2D eigenvalue weighted by Crippen LogP contribution is 2.31. The maximum Gasteiger partial charge on any atom is 0.255 e. The van der Waals surface area contributed by atoms with Gasteiger partial charge in [-0.05, 0) is 66.4 Å². The molecule has 0 spiro atoms. The van der Waals surface area contributed by atoms with Gasteiger partial charge in [0.05, 0.1) is 5.52 Å². The molecule has 0 aliphatic carbocycles. The molecule has 4 heterocycles. The van der Waals surface area contributed by atoms with Gasteiger partial charge in [-0.25, -0.2) is 4.98 Å². The molecular formula is C29H26N4O4. The van der Waals surface area contributed by atoms with Gasteiger partial charge in [-0.1, -0.05) is 12.0 Å².